The highest BCUT2D eigenvalue weighted by molar-refractivity contribution is 6.16. The summed E-state index contributed by atoms with van der Waals surface area (Å²) in [7, 11) is 0. The topological polar surface area (TPSA) is 113 Å². The number of hydrogen-bond acceptors (Lipinski definition) is 8. The minimum absolute atomic E-state index is 0.118. The molecule has 6 heterocycles. The molecule has 137 heavy (non-hydrogen) atoms. The van der Waals surface area contributed by atoms with Crippen molar-refractivity contribution in [2.75, 3.05) is 0 Å². The quantitative estimate of drug-likeness (QED) is 0.133. The van der Waals surface area contributed by atoms with E-state index in [0.717, 1.165) is 116 Å². The fourth-order valence-corrected chi connectivity index (χ4v) is 23.4. The minimum Gasteiger partial charge on any atom is -0.455 e. The molecule has 0 N–H and O–H groups in total. The fraction of sp³-hybridized carbons (Fsp3) is 0.0551. The second kappa shape index (κ2) is 29.7. The van der Waals surface area contributed by atoms with Crippen molar-refractivity contribution in [2.45, 2.75) is 43.9 Å². The van der Waals surface area contributed by atoms with Crippen LogP contribution in [-0.4, -0.2) is 39.0 Å². The first-order valence-corrected chi connectivity index (χ1v) is 47.0. The number of aromatic nitrogens is 8. The Bertz CT molecular complexity index is 9290. The zero-order valence-corrected chi connectivity index (χ0v) is 75.3. The molecule has 0 saturated heterocycles. The Morgan fingerprint density at radius 3 is 0.985 bits per heavy atom. The third-order valence-electron chi connectivity index (χ3n) is 29.7. The molecule has 4 aliphatic carbocycles. The average molecular weight is 1750 g/mol. The molecule has 0 radical (unpaired) electrons. The number of hydrogen-bond donors (Lipinski definition) is 0. The van der Waals surface area contributed by atoms with Crippen LogP contribution in [0.1, 0.15) is 72.2 Å². The molecule has 0 fully saturated rings. The summed E-state index contributed by atoms with van der Waals surface area (Å²) in [6.07, 6.45) is 0. The van der Waals surface area contributed by atoms with Gasteiger partial charge < -0.3 is 18.0 Å². The molecule has 10 nitrogen and oxygen atoms in total. The van der Waals surface area contributed by atoms with Crippen LogP contribution in [-0.2, 0) is 16.2 Å². The Balaban J connectivity index is 0.000000136. The van der Waals surface area contributed by atoms with Crippen LogP contribution in [0.15, 0.2) is 433 Å². The molecule has 29 rings (SSSR count). The first kappa shape index (κ1) is 78.1. The monoisotopic (exact) mass is 1750 g/mol. The van der Waals surface area contributed by atoms with Crippen LogP contribution in [0.2, 0.25) is 0 Å². The SMILES string of the molecule is CC1(C)c2ccccc2-c2cc3c4ccccc4n(-c4ccc5oc6c(-c7nc(-c8cccc(-c9ccccc9)c8)nc(-c8cccc(-c9ccccc9)c8)n7)cccc6c5c4)c3cc21.CC1(C)c2ccccc2-c2cc3c4ccccc4n(-c4ccc5oc6c(-c7nc(-c8ccccc8)nc(-c8cccc9c8-c8ccccc8C98c9ccccc9-c9ccccc98)n7)cccc6c5c4)c3cc21. The van der Waals surface area contributed by atoms with Crippen LogP contribution in [0, 0.1) is 0 Å². The first-order chi connectivity index (χ1) is 67.4. The second-order valence-corrected chi connectivity index (χ2v) is 37.8. The summed E-state index contributed by atoms with van der Waals surface area (Å²) in [6, 6.07) is 152. The molecule has 0 amide bonds. The Morgan fingerprint density at radius 1 is 0.190 bits per heavy atom. The van der Waals surface area contributed by atoms with Crippen molar-refractivity contribution < 1.29 is 8.83 Å². The molecule has 642 valence electrons. The number of nitrogens with zero attached hydrogens (tertiary/aromatic N) is 8. The number of para-hydroxylation sites is 4. The summed E-state index contributed by atoms with van der Waals surface area (Å²) >= 11 is 0. The van der Waals surface area contributed by atoms with E-state index in [0.29, 0.717) is 34.9 Å². The van der Waals surface area contributed by atoms with Gasteiger partial charge in [0.05, 0.1) is 38.6 Å². The smallest absolute Gasteiger partial charge is 0.167 e. The van der Waals surface area contributed by atoms with Gasteiger partial charge in [-0.25, -0.2) is 29.9 Å². The molecule has 0 aliphatic heterocycles. The van der Waals surface area contributed by atoms with E-state index in [1.165, 1.54) is 127 Å². The molecule has 4 aliphatic rings. The molecule has 0 bridgehead atoms. The highest BCUT2D eigenvalue weighted by Gasteiger charge is 2.52. The molecule has 6 aromatic heterocycles. The Morgan fingerprint density at radius 2 is 0.511 bits per heavy atom. The van der Waals surface area contributed by atoms with Gasteiger partial charge in [-0.1, -0.05) is 355 Å². The molecule has 0 unspecified atom stereocenters. The summed E-state index contributed by atoms with van der Waals surface area (Å²) in [5.74, 6) is 3.50. The van der Waals surface area contributed by atoms with Gasteiger partial charge in [0.15, 0.2) is 34.9 Å². The van der Waals surface area contributed by atoms with Crippen molar-refractivity contribution in [1.29, 1.82) is 0 Å². The highest BCUT2D eigenvalue weighted by atomic mass is 16.3. The standard InChI is InChI=1S/C67H42N4O.C60H40N4O/c1-66(2)52-28-11-6-22-43(52)49-37-50-44-23-10-15-33-58(44)71(59(50)38-57(49)66)40-34-35-60-51(36-40)45-25-16-27-48(62(45)72-60)65-69-63(39-18-4-3-5-19-39)68-64(70-65)47-26-17-32-56-61(47)46-24-9-14-31-55(46)67(56)53-29-12-7-20-41(53)42-21-8-13-30-54(42)67;1-60(2)51-28-11-9-24-44(51)48-35-49-45-25-10-12-29-53(45)64(54(49)36-52(48)60)43-30-31-55-50(34-43)46-26-15-27-47(56(46)65-55)59-62-57(41-22-13-20-39(32-41)37-16-5-3-6-17-37)61-58(63-59)42-23-14-21-40(33-42)38-18-7-4-8-19-38/h3-38H,1-2H3;3-36H,1-2H3. The summed E-state index contributed by atoms with van der Waals surface area (Å²) in [6.45, 7) is 9.40. The lowest BCUT2D eigenvalue weighted by Gasteiger charge is -2.30. The lowest BCUT2D eigenvalue weighted by molar-refractivity contribution is 0.661. The van der Waals surface area contributed by atoms with Gasteiger partial charge in [0.2, 0.25) is 0 Å². The number of rotatable bonds is 10. The Kier molecular flexibility index (Phi) is 16.9. The van der Waals surface area contributed by atoms with Crippen molar-refractivity contribution in [3.05, 3.63) is 469 Å². The predicted molar refractivity (Wildman–Crippen MR) is 558 cm³/mol. The molecular formula is C127H82N8O2. The van der Waals surface area contributed by atoms with Gasteiger partial charge >= 0.3 is 0 Å². The molecule has 25 aromatic rings. The predicted octanol–water partition coefficient (Wildman–Crippen LogP) is 32.0. The fourth-order valence-electron chi connectivity index (χ4n) is 23.4. The van der Waals surface area contributed by atoms with E-state index in [9.17, 15) is 0 Å². The first-order valence-electron chi connectivity index (χ1n) is 47.0. The number of fused-ring (bicyclic) bond motifs is 28. The van der Waals surface area contributed by atoms with Crippen LogP contribution < -0.4 is 0 Å². The Labute approximate surface area is 789 Å². The van der Waals surface area contributed by atoms with E-state index in [-0.39, 0.29) is 10.8 Å². The van der Waals surface area contributed by atoms with Crippen molar-refractivity contribution in [3.63, 3.8) is 0 Å². The van der Waals surface area contributed by atoms with Crippen molar-refractivity contribution in [3.8, 4) is 146 Å². The van der Waals surface area contributed by atoms with Crippen LogP contribution in [0.4, 0.5) is 0 Å². The van der Waals surface area contributed by atoms with E-state index >= 15 is 0 Å². The van der Waals surface area contributed by atoms with Gasteiger partial charge in [0.1, 0.15) is 22.3 Å². The lowest BCUT2D eigenvalue weighted by atomic mass is 9.70. The molecule has 1 spiro atoms. The molecule has 0 atom stereocenters. The van der Waals surface area contributed by atoms with Crippen molar-refractivity contribution in [2.24, 2.45) is 0 Å². The van der Waals surface area contributed by atoms with E-state index in [1.807, 2.05) is 30.3 Å². The number of furan rings is 2. The van der Waals surface area contributed by atoms with Crippen molar-refractivity contribution in [1.82, 2.24) is 39.0 Å². The van der Waals surface area contributed by atoms with E-state index in [1.54, 1.807) is 0 Å². The average Bonchev–Trinajstić information content (AvgIpc) is 1.50. The largest absolute Gasteiger partial charge is 0.455 e. The van der Waals surface area contributed by atoms with Gasteiger partial charge in [-0.3, -0.25) is 0 Å². The molecule has 0 saturated carbocycles. The lowest BCUT2D eigenvalue weighted by Crippen LogP contribution is -2.25. The summed E-state index contributed by atoms with van der Waals surface area (Å²) in [5.41, 5.74) is 39.7. The maximum Gasteiger partial charge on any atom is 0.167 e. The van der Waals surface area contributed by atoms with Crippen LogP contribution in [0.5, 0.6) is 0 Å². The van der Waals surface area contributed by atoms with Crippen LogP contribution >= 0.6 is 0 Å². The zero-order chi connectivity index (χ0) is 90.7. The van der Waals surface area contributed by atoms with Crippen LogP contribution in [0.25, 0.3) is 234 Å². The van der Waals surface area contributed by atoms with E-state index < -0.39 is 5.41 Å². The summed E-state index contributed by atoms with van der Waals surface area (Å²) < 4.78 is 18.6. The van der Waals surface area contributed by atoms with Gasteiger partial charge in [-0.15, -0.1) is 0 Å². The summed E-state index contributed by atoms with van der Waals surface area (Å²) in [5, 5.41) is 9.02. The molecule has 10 heteroatoms. The van der Waals surface area contributed by atoms with E-state index in [2.05, 4.69) is 431 Å². The van der Waals surface area contributed by atoms with Crippen LogP contribution in [0.3, 0.4) is 0 Å². The second-order valence-electron chi connectivity index (χ2n) is 37.8. The maximum absolute atomic E-state index is 6.94. The van der Waals surface area contributed by atoms with Gasteiger partial charge in [0, 0.05) is 87.5 Å². The van der Waals surface area contributed by atoms with Gasteiger partial charge in [0.25, 0.3) is 0 Å². The highest BCUT2D eigenvalue weighted by Crippen LogP contribution is 2.65. The summed E-state index contributed by atoms with van der Waals surface area (Å²) in [4.78, 5) is 31.7. The third-order valence-corrected chi connectivity index (χ3v) is 29.7. The third kappa shape index (κ3) is 11.6. The number of benzene rings is 19. The van der Waals surface area contributed by atoms with Gasteiger partial charge in [-0.05, 0) is 208 Å². The maximum atomic E-state index is 6.94. The van der Waals surface area contributed by atoms with Crippen molar-refractivity contribution >= 4 is 87.5 Å². The minimum atomic E-state index is -0.492. The van der Waals surface area contributed by atoms with Gasteiger partial charge in [-0.2, -0.15) is 0 Å². The Hall–Kier alpha value is -17.6. The molecule has 19 aromatic carbocycles. The van der Waals surface area contributed by atoms with E-state index in [4.69, 9.17) is 38.7 Å². The normalized spacial score (nSPS) is 13.6. The molecular weight excluding hydrogens is 1670 g/mol. The zero-order valence-electron chi connectivity index (χ0n) is 75.3.